The first-order chi connectivity index (χ1) is 11.3. The molecule has 0 fully saturated rings. The number of benzene rings is 2. The van der Waals surface area contributed by atoms with Crippen LogP contribution in [0, 0.1) is 6.92 Å². The summed E-state index contributed by atoms with van der Waals surface area (Å²) in [4.78, 5) is 12.2. The van der Waals surface area contributed by atoms with Crippen molar-refractivity contribution in [1.29, 1.82) is 0 Å². The van der Waals surface area contributed by atoms with Crippen LogP contribution in [0.4, 0.5) is 5.69 Å². The van der Waals surface area contributed by atoms with E-state index in [9.17, 15) is 13.2 Å². The van der Waals surface area contributed by atoms with Gasteiger partial charge in [0.15, 0.2) is 16.4 Å². The monoisotopic (exact) mass is 349 g/mol. The number of anilines is 1. The third kappa shape index (κ3) is 4.73. The lowest BCUT2D eigenvalue weighted by atomic mass is 10.2. The van der Waals surface area contributed by atoms with Crippen molar-refractivity contribution in [2.45, 2.75) is 11.8 Å². The van der Waals surface area contributed by atoms with Gasteiger partial charge in [0.1, 0.15) is 11.5 Å². The lowest BCUT2D eigenvalue weighted by Crippen LogP contribution is -2.20. The number of rotatable bonds is 6. The fourth-order valence-electron chi connectivity index (χ4n) is 1.97. The van der Waals surface area contributed by atoms with Crippen LogP contribution in [-0.4, -0.2) is 34.3 Å². The van der Waals surface area contributed by atoms with Gasteiger partial charge in [-0.1, -0.05) is 6.07 Å². The standard InChI is InChI=1S/C17H19NO5S/c1-12-4-9-15(24(3,20)21)10-16(12)18-17(19)11-23-14-7-5-13(22-2)6-8-14/h4-10H,11H2,1-3H3,(H,18,19). The van der Waals surface area contributed by atoms with E-state index in [1.807, 2.05) is 0 Å². The molecule has 0 spiro atoms. The Balaban J connectivity index is 2.01. The molecule has 2 aromatic carbocycles. The number of hydrogen-bond donors (Lipinski definition) is 1. The first-order valence-electron chi connectivity index (χ1n) is 7.17. The highest BCUT2D eigenvalue weighted by atomic mass is 32.2. The number of methoxy groups -OCH3 is 1. The van der Waals surface area contributed by atoms with Gasteiger partial charge in [-0.25, -0.2) is 8.42 Å². The Hall–Kier alpha value is -2.54. The maximum absolute atomic E-state index is 12.0. The Morgan fingerprint density at radius 3 is 2.29 bits per heavy atom. The Kier molecular flexibility index (Phi) is 5.46. The van der Waals surface area contributed by atoms with E-state index < -0.39 is 9.84 Å². The van der Waals surface area contributed by atoms with Crippen molar-refractivity contribution >= 4 is 21.4 Å². The van der Waals surface area contributed by atoms with E-state index in [4.69, 9.17) is 9.47 Å². The zero-order valence-electron chi connectivity index (χ0n) is 13.7. The molecule has 6 nitrogen and oxygen atoms in total. The molecule has 0 radical (unpaired) electrons. The molecule has 0 heterocycles. The second kappa shape index (κ2) is 7.35. The third-order valence-electron chi connectivity index (χ3n) is 3.34. The molecule has 1 N–H and O–H groups in total. The minimum atomic E-state index is -3.33. The molecule has 0 saturated carbocycles. The maximum atomic E-state index is 12.0. The van der Waals surface area contributed by atoms with Gasteiger partial charge in [-0.05, 0) is 48.9 Å². The van der Waals surface area contributed by atoms with E-state index in [1.165, 1.54) is 12.1 Å². The molecule has 0 saturated heterocycles. The molecule has 128 valence electrons. The second-order valence-electron chi connectivity index (χ2n) is 5.26. The highest BCUT2D eigenvalue weighted by Crippen LogP contribution is 2.20. The molecule has 2 aromatic rings. The molecular weight excluding hydrogens is 330 g/mol. The van der Waals surface area contributed by atoms with E-state index in [0.717, 1.165) is 11.8 Å². The van der Waals surface area contributed by atoms with Crippen molar-refractivity contribution in [2.75, 3.05) is 25.3 Å². The number of amides is 1. The molecule has 1 amide bonds. The van der Waals surface area contributed by atoms with Crippen molar-refractivity contribution in [3.8, 4) is 11.5 Å². The van der Waals surface area contributed by atoms with Crippen LogP contribution in [0.3, 0.4) is 0 Å². The fraction of sp³-hybridized carbons (Fsp3) is 0.235. The van der Waals surface area contributed by atoms with Gasteiger partial charge in [-0.2, -0.15) is 0 Å². The molecule has 0 aliphatic carbocycles. The first-order valence-corrected chi connectivity index (χ1v) is 9.06. The summed E-state index contributed by atoms with van der Waals surface area (Å²) in [5, 5.41) is 2.66. The summed E-state index contributed by atoms with van der Waals surface area (Å²) in [6.45, 7) is 1.60. The number of nitrogens with one attached hydrogen (secondary N) is 1. The normalized spacial score (nSPS) is 11.0. The van der Waals surface area contributed by atoms with E-state index in [1.54, 1.807) is 44.4 Å². The number of ether oxygens (including phenoxy) is 2. The van der Waals surface area contributed by atoms with Crippen LogP contribution >= 0.6 is 0 Å². The summed E-state index contributed by atoms with van der Waals surface area (Å²) >= 11 is 0. The van der Waals surface area contributed by atoms with E-state index in [2.05, 4.69) is 5.32 Å². The largest absolute Gasteiger partial charge is 0.497 e. The second-order valence-corrected chi connectivity index (χ2v) is 7.28. The molecule has 0 aromatic heterocycles. The number of aryl methyl sites for hydroxylation is 1. The fourth-order valence-corrected chi connectivity index (χ4v) is 2.62. The molecule has 0 unspecified atom stereocenters. The zero-order chi connectivity index (χ0) is 17.7. The summed E-state index contributed by atoms with van der Waals surface area (Å²) in [6, 6.07) is 11.4. The maximum Gasteiger partial charge on any atom is 0.262 e. The zero-order valence-corrected chi connectivity index (χ0v) is 14.5. The lowest BCUT2D eigenvalue weighted by molar-refractivity contribution is -0.118. The van der Waals surface area contributed by atoms with Gasteiger partial charge in [0.2, 0.25) is 0 Å². The van der Waals surface area contributed by atoms with Crippen molar-refractivity contribution in [3.63, 3.8) is 0 Å². The Labute approximate surface area is 141 Å². The number of hydrogen-bond acceptors (Lipinski definition) is 5. The summed E-state index contributed by atoms with van der Waals surface area (Å²) < 4.78 is 33.6. The number of carbonyl (C=O) groups excluding carboxylic acids is 1. The summed E-state index contributed by atoms with van der Waals surface area (Å²) in [6.07, 6.45) is 1.12. The van der Waals surface area contributed by atoms with Gasteiger partial charge in [0.05, 0.1) is 12.0 Å². The van der Waals surface area contributed by atoms with Crippen molar-refractivity contribution in [2.24, 2.45) is 0 Å². The molecule has 0 aliphatic heterocycles. The van der Waals surface area contributed by atoms with Crippen LogP contribution in [0.2, 0.25) is 0 Å². The van der Waals surface area contributed by atoms with Crippen LogP contribution in [0.5, 0.6) is 11.5 Å². The predicted molar refractivity (Wildman–Crippen MR) is 91.4 cm³/mol. The topological polar surface area (TPSA) is 81.7 Å². The van der Waals surface area contributed by atoms with Gasteiger partial charge < -0.3 is 14.8 Å². The summed E-state index contributed by atoms with van der Waals surface area (Å²) in [5.74, 6) is 0.854. The minimum absolute atomic E-state index is 0.152. The highest BCUT2D eigenvalue weighted by molar-refractivity contribution is 7.90. The quantitative estimate of drug-likeness (QED) is 0.866. The Morgan fingerprint density at radius 2 is 1.71 bits per heavy atom. The molecular formula is C17H19NO5S. The van der Waals surface area contributed by atoms with Crippen LogP contribution in [0.1, 0.15) is 5.56 Å². The van der Waals surface area contributed by atoms with Crippen molar-refractivity contribution < 1.29 is 22.7 Å². The lowest BCUT2D eigenvalue weighted by Gasteiger charge is -2.11. The van der Waals surface area contributed by atoms with Crippen LogP contribution < -0.4 is 14.8 Å². The molecule has 0 bridgehead atoms. The first kappa shape index (κ1) is 17.8. The average molecular weight is 349 g/mol. The van der Waals surface area contributed by atoms with Gasteiger partial charge in [-0.3, -0.25) is 4.79 Å². The molecule has 2 rings (SSSR count). The predicted octanol–water partition coefficient (Wildman–Crippen LogP) is 2.42. The number of carbonyl (C=O) groups is 1. The minimum Gasteiger partial charge on any atom is -0.497 e. The van der Waals surface area contributed by atoms with Crippen molar-refractivity contribution in [3.05, 3.63) is 48.0 Å². The van der Waals surface area contributed by atoms with E-state index in [-0.39, 0.29) is 17.4 Å². The molecule has 7 heteroatoms. The molecule has 0 atom stereocenters. The Morgan fingerprint density at radius 1 is 1.08 bits per heavy atom. The van der Waals surface area contributed by atoms with E-state index >= 15 is 0 Å². The van der Waals surface area contributed by atoms with Gasteiger partial charge >= 0.3 is 0 Å². The van der Waals surface area contributed by atoms with Gasteiger partial charge in [-0.15, -0.1) is 0 Å². The number of sulfone groups is 1. The third-order valence-corrected chi connectivity index (χ3v) is 4.45. The van der Waals surface area contributed by atoms with Crippen LogP contribution in [0.25, 0.3) is 0 Å². The van der Waals surface area contributed by atoms with Crippen LogP contribution in [0.15, 0.2) is 47.4 Å². The molecule has 0 aliphatic rings. The Bertz CT molecular complexity index is 829. The highest BCUT2D eigenvalue weighted by Gasteiger charge is 2.11. The van der Waals surface area contributed by atoms with E-state index in [0.29, 0.717) is 17.2 Å². The van der Waals surface area contributed by atoms with Gasteiger partial charge in [0, 0.05) is 11.9 Å². The van der Waals surface area contributed by atoms with Gasteiger partial charge in [0.25, 0.3) is 5.91 Å². The van der Waals surface area contributed by atoms with Crippen LogP contribution in [-0.2, 0) is 14.6 Å². The SMILES string of the molecule is COc1ccc(OCC(=O)Nc2cc(S(C)(=O)=O)ccc2C)cc1. The summed E-state index contributed by atoms with van der Waals surface area (Å²) in [5.41, 5.74) is 1.21. The van der Waals surface area contributed by atoms with Crippen molar-refractivity contribution in [1.82, 2.24) is 0 Å². The molecule has 24 heavy (non-hydrogen) atoms. The summed E-state index contributed by atoms with van der Waals surface area (Å²) in [7, 11) is -1.77. The average Bonchev–Trinajstić information content (AvgIpc) is 2.54. The smallest absolute Gasteiger partial charge is 0.262 e.